The number of nitrogens with zero attached hydrogens (tertiary/aromatic N) is 2. The molecule has 1 amide bonds. The fourth-order valence-corrected chi connectivity index (χ4v) is 2.32. The van der Waals surface area contributed by atoms with Crippen molar-refractivity contribution in [2.24, 2.45) is 0 Å². The molecule has 2 N–H and O–H groups in total. The minimum absolute atomic E-state index is 0.0168. The molecule has 1 aliphatic heterocycles. The third kappa shape index (κ3) is 2.39. The van der Waals surface area contributed by atoms with Gasteiger partial charge in [0.2, 0.25) is 10.1 Å². The minimum atomic E-state index is -0.317. The Hall–Kier alpha value is -1.21. The van der Waals surface area contributed by atoms with Crippen LogP contribution >= 0.6 is 11.3 Å². The zero-order chi connectivity index (χ0) is 12.5. The zero-order valence-electron chi connectivity index (χ0n) is 10.1. The summed E-state index contributed by atoms with van der Waals surface area (Å²) < 4.78 is 5.47. The third-order valence-electron chi connectivity index (χ3n) is 3.12. The molecule has 2 atom stereocenters. The SMILES string of the molecule is CNc1nnc(C(=O)NC2(C)CCOC2C)s1. The Labute approximate surface area is 104 Å². The molecule has 2 heterocycles. The molecule has 1 aliphatic rings. The molecule has 0 radical (unpaired) electrons. The standard InChI is InChI=1S/C10H16N4O2S/c1-6-10(2,4-5-16-6)12-7(15)8-13-14-9(11-3)17-8/h6H,4-5H2,1-3H3,(H,11,14)(H,12,15). The van der Waals surface area contributed by atoms with Gasteiger partial charge in [-0.15, -0.1) is 10.2 Å². The van der Waals surface area contributed by atoms with Crippen LogP contribution in [0.1, 0.15) is 30.1 Å². The fourth-order valence-electron chi connectivity index (χ4n) is 1.73. The van der Waals surface area contributed by atoms with Crippen molar-refractivity contribution in [3.63, 3.8) is 0 Å². The first-order chi connectivity index (χ1) is 8.05. The summed E-state index contributed by atoms with van der Waals surface area (Å²) in [4.78, 5) is 12.0. The molecular formula is C10H16N4O2S. The molecule has 94 valence electrons. The van der Waals surface area contributed by atoms with Crippen LogP contribution < -0.4 is 10.6 Å². The number of anilines is 1. The van der Waals surface area contributed by atoms with Crippen LogP contribution in [-0.2, 0) is 4.74 Å². The van der Waals surface area contributed by atoms with E-state index in [9.17, 15) is 4.79 Å². The van der Waals surface area contributed by atoms with Crippen molar-refractivity contribution in [3.05, 3.63) is 5.01 Å². The molecule has 17 heavy (non-hydrogen) atoms. The van der Waals surface area contributed by atoms with Crippen molar-refractivity contribution in [2.45, 2.75) is 31.9 Å². The summed E-state index contributed by atoms with van der Waals surface area (Å²) in [5.74, 6) is -0.191. The van der Waals surface area contributed by atoms with E-state index in [0.717, 1.165) is 6.42 Å². The van der Waals surface area contributed by atoms with Crippen LogP contribution in [0.2, 0.25) is 0 Å². The Morgan fingerprint density at radius 2 is 2.35 bits per heavy atom. The molecule has 0 saturated carbocycles. The average Bonchev–Trinajstić information content (AvgIpc) is 2.87. The summed E-state index contributed by atoms with van der Waals surface area (Å²) in [7, 11) is 1.75. The van der Waals surface area contributed by atoms with Gasteiger partial charge < -0.3 is 15.4 Å². The number of ether oxygens (including phenoxy) is 1. The van der Waals surface area contributed by atoms with Gasteiger partial charge in [-0.25, -0.2) is 0 Å². The lowest BCUT2D eigenvalue weighted by Gasteiger charge is -2.28. The van der Waals surface area contributed by atoms with E-state index in [0.29, 0.717) is 16.7 Å². The predicted molar refractivity (Wildman–Crippen MR) is 65.4 cm³/mol. The van der Waals surface area contributed by atoms with Gasteiger partial charge in [0.1, 0.15) is 0 Å². The van der Waals surface area contributed by atoms with Gasteiger partial charge in [-0.3, -0.25) is 4.79 Å². The monoisotopic (exact) mass is 256 g/mol. The van der Waals surface area contributed by atoms with Crippen LogP contribution in [0, 0.1) is 0 Å². The van der Waals surface area contributed by atoms with E-state index in [1.807, 2.05) is 13.8 Å². The van der Waals surface area contributed by atoms with Gasteiger partial charge in [-0.1, -0.05) is 11.3 Å². The van der Waals surface area contributed by atoms with Gasteiger partial charge >= 0.3 is 0 Å². The number of hydrogen-bond donors (Lipinski definition) is 2. The van der Waals surface area contributed by atoms with Crippen molar-refractivity contribution in [1.29, 1.82) is 0 Å². The summed E-state index contributed by atoms with van der Waals surface area (Å²) in [5, 5.41) is 14.5. The number of rotatable bonds is 3. The normalized spacial score (nSPS) is 28.1. The van der Waals surface area contributed by atoms with Gasteiger partial charge in [0.25, 0.3) is 5.91 Å². The Bertz CT molecular complexity index is 422. The Kier molecular flexibility index (Phi) is 3.30. The number of amides is 1. The molecule has 7 heteroatoms. The molecule has 1 fully saturated rings. The van der Waals surface area contributed by atoms with E-state index in [1.165, 1.54) is 11.3 Å². The van der Waals surface area contributed by atoms with Crippen LogP contribution in [0.25, 0.3) is 0 Å². The zero-order valence-corrected chi connectivity index (χ0v) is 10.9. The number of carbonyl (C=O) groups is 1. The van der Waals surface area contributed by atoms with Gasteiger partial charge in [0, 0.05) is 13.7 Å². The third-order valence-corrected chi connectivity index (χ3v) is 4.06. The van der Waals surface area contributed by atoms with Crippen LogP contribution in [0.4, 0.5) is 5.13 Å². The highest BCUT2D eigenvalue weighted by atomic mass is 32.1. The first-order valence-corrected chi connectivity index (χ1v) is 6.32. The maximum Gasteiger partial charge on any atom is 0.282 e. The van der Waals surface area contributed by atoms with Crippen molar-refractivity contribution in [2.75, 3.05) is 19.0 Å². The quantitative estimate of drug-likeness (QED) is 0.839. The fraction of sp³-hybridized carbons (Fsp3) is 0.700. The van der Waals surface area contributed by atoms with Crippen molar-refractivity contribution in [1.82, 2.24) is 15.5 Å². The molecular weight excluding hydrogens is 240 g/mol. The molecule has 0 aromatic carbocycles. The van der Waals surface area contributed by atoms with E-state index in [1.54, 1.807) is 7.05 Å². The molecule has 0 spiro atoms. The Morgan fingerprint density at radius 3 is 2.88 bits per heavy atom. The topological polar surface area (TPSA) is 76.1 Å². The van der Waals surface area contributed by atoms with Crippen LogP contribution in [0.15, 0.2) is 0 Å². The largest absolute Gasteiger partial charge is 0.376 e. The van der Waals surface area contributed by atoms with Crippen molar-refractivity contribution >= 4 is 22.4 Å². The van der Waals surface area contributed by atoms with Gasteiger partial charge in [-0.2, -0.15) is 0 Å². The van der Waals surface area contributed by atoms with E-state index in [2.05, 4.69) is 20.8 Å². The maximum absolute atomic E-state index is 12.0. The number of nitrogens with one attached hydrogen (secondary N) is 2. The summed E-state index contributed by atoms with van der Waals surface area (Å²) >= 11 is 1.24. The molecule has 6 nitrogen and oxygen atoms in total. The summed E-state index contributed by atoms with van der Waals surface area (Å²) in [5.41, 5.74) is -0.317. The smallest absolute Gasteiger partial charge is 0.282 e. The van der Waals surface area contributed by atoms with E-state index in [4.69, 9.17) is 4.74 Å². The predicted octanol–water partition coefficient (Wildman–Crippen LogP) is 0.877. The molecule has 1 aromatic heterocycles. The number of carbonyl (C=O) groups excluding carboxylic acids is 1. The lowest BCUT2D eigenvalue weighted by molar-refractivity contribution is 0.0726. The molecule has 2 unspecified atom stereocenters. The molecule has 0 aliphatic carbocycles. The lowest BCUT2D eigenvalue weighted by atomic mass is 9.95. The molecule has 2 rings (SSSR count). The average molecular weight is 256 g/mol. The van der Waals surface area contributed by atoms with Crippen molar-refractivity contribution in [3.8, 4) is 0 Å². The summed E-state index contributed by atoms with van der Waals surface area (Å²) in [6, 6.07) is 0. The summed E-state index contributed by atoms with van der Waals surface area (Å²) in [6.45, 7) is 4.63. The van der Waals surface area contributed by atoms with E-state index in [-0.39, 0.29) is 17.6 Å². The molecule has 1 aromatic rings. The molecule has 0 bridgehead atoms. The highest BCUT2D eigenvalue weighted by molar-refractivity contribution is 7.17. The Balaban J connectivity index is 2.06. The van der Waals surface area contributed by atoms with Gasteiger partial charge in [-0.05, 0) is 20.3 Å². The summed E-state index contributed by atoms with van der Waals surface area (Å²) in [6.07, 6.45) is 0.834. The van der Waals surface area contributed by atoms with Gasteiger partial charge in [0.05, 0.1) is 11.6 Å². The number of aromatic nitrogens is 2. The van der Waals surface area contributed by atoms with Crippen LogP contribution in [0.5, 0.6) is 0 Å². The first kappa shape index (κ1) is 12.3. The van der Waals surface area contributed by atoms with Crippen LogP contribution in [0.3, 0.4) is 0 Å². The van der Waals surface area contributed by atoms with Crippen molar-refractivity contribution < 1.29 is 9.53 Å². The second-order valence-corrected chi connectivity index (χ2v) is 5.27. The van der Waals surface area contributed by atoms with E-state index >= 15 is 0 Å². The number of hydrogen-bond acceptors (Lipinski definition) is 6. The Morgan fingerprint density at radius 1 is 1.59 bits per heavy atom. The second kappa shape index (κ2) is 4.58. The van der Waals surface area contributed by atoms with Crippen LogP contribution in [-0.4, -0.2) is 41.4 Å². The highest BCUT2D eigenvalue weighted by Crippen LogP contribution is 2.26. The van der Waals surface area contributed by atoms with Gasteiger partial charge in [0.15, 0.2) is 0 Å². The second-order valence-electron chi connectivity index (χ2n) is 4.30. The highest BCUT2D eigenvalue weighted by Gasteiger charge is 2.38. The first-order valence-electron chi connectivity index (χ1n) is 5.50. The molecule has 1 saturated heterocycles. The lowest BCUT2D eigenvalue weighted by Crippen LogP contribution is -2.50. The van der Waals surface area contributed by atoms with E-state index < -0.39 is 0 Å². The minimum Gasteiger partial charge on any atom is -0.376 e. The maximum atomic E-state index is 12.0.